The zero-order valence-electron chi connectivity index (χ0n) is 9.58. The predicted octanol–water partition coefficient (Wildman–Crippen LogP) is 4.29. The summed E-state index contributed by atoms with van der Waals surface area (Å²) in [5.74, 6) is 3.22. The van der Waals surface area contributed by atoms with E-state index in [1.807, 2.05) is 13.0 Å². The molecular formula is C13H20O. The first kappa shape index (κ1) is 11.1. The third-order valence-corrected chi connectivity index (χ3v) is 2.26. The molecule has 78 valence electrons. The maximum absolute atomic E-state index is 5.57. The van der Waals surface area contributed by atoms with Crippen LogP contribution in [0.4, 0.5) is 0 Å². The Balaban J connectivity index is 2.46. The molecule has 1 rings (SSSR count). The van der Waals surface area contributed by atoms with E-state index in [4.69, 9.17) is 4.42 Å². The number of furan rings is 1. The summed E-state index contributed by atoms with van der Waals surface area (Å²) in [6.07, 6.45) is 5.55. The lowest BCUT2D eigenvalue weighted by Crippen LogP contribution is -1.89. The lowest BCUT2D eigenvalue weighted by molar-refractivity contribution is 0.454. The molecule has 1 heterocycles. The molecule has 0 saturated heterocycles. The molecule has 0 bridgehead atoms. The van der Waals surface area contributed by atoms with Gasteiger partial charge in [0.1, 0.15) is 11.5 Å². The fraction of sp³-hybridized carbons (Fsp3) is 0.538. The summed E-state index contributed by atoms with van der Waals surface area (Å²) in [7, 11) is 0. The van der Waals surface area contributed by atoms with Crippen molar-refractivity contribution in [2.24, 2.45) is 5.92 Å². The smallest absolute Gasteiger partial charge is 0.107 e. The summed E-state index contributed by atoms with van der Waals surface area (Å²) in [6.45, 7) is 8.57. The highest BCUT2D eigenvalue weighted by molar-refractivity contribution is 5.10. The van der Waals surface area contributed by atoms with Crippen molar-refractivity contribution in [1.82, 2.24) is 0 Å². The molecule has 0 aliphatic rings. The van der Waals surface area contributed by atoms with E-state index >= 15 is 0 Å². The van der Waals surface area contributed by atoms with Crippen LogP contribution in [0.2, 0.25) is 0 Å². The molecule has 1 atom stereocenters. The van der Waals surface area contributed by atoms with Crippen molar-refractivity contribution >= 4 is 0 Å². The quantitative estimate of drug-likeness (QED) is 0.648. The Labute approximate surface area is 86.8 Å². The minimum atomic E-state index is 0.485. The molecule has 0 amide bonds. The zero-order valence-corrected chi connectivity index (χ0v) is 9.58. The first-order valence-corrected chi connectivity index (χ1v) is 5.32. The van der Waals surface area contributed by atoms with Crippen LogP contribution in [0.15, 0.2) is 28.7 Å². The average molecular weight is 192 g/mol. The van der Waals surface area contributed by atoms with Gasteiger partial charge in [0.05, 0.1) is 0 Å². The summed E-state index contributed by atoms with van der Waals surface area (Å²) in [5.41, 5.74) is 0. The van der Waals surface area contributed by atoms with E-state index < -0.39 is 0 Å². The monoisotopic (exact) mass is 192 g/mol. The highest BCUT2D eigenvalue weighted by Crippen LogP contribution is 2.21. The highest BCUT2D eigenvalue weighted by Gasteiger charge is 2.07. The Morgan fingerprint density at radius 2 is 2.00 bits per heavy atom. The number of rotatable bonds is 4. The van der Waals surface area contributed by atoms with Crippen LogP contribution in [0.1, 0.15) is 44.6 Å². The van der Waals surface area contributed by atoms with Crippen molar-refractivity contribution in [2.45, 2.75) is 40.0 Å². The minimum Gasteiger partial charge on any atom is -0.466 e. The van der Waals surface area contributed by atoms with Crippen molar-refractivity contribution in [3.8, 4) is 0 Å². The lowest BCUT2D eigenvalue weighted by Gasteiger charge is -2.04. The minimum absolute atomic E-state index is 0.485. The van der Waals surface area contributed by atoms with Crippen molar-refractivity contribution in [3.63, 3.8) is 0 Å². The van der Waals surface area contributed by atoms with Crippen LogP contribution in [0.3, 0.4) is 0 Å². The molecule has 0 N–H and O–H groups in total. The molecule has 0 spiro atoms. The summed E-state index contributed by atoms with van der Waals surface area (Å²) in [6, 6.07) is 4.10. The molecule has 0 aliphatic heterocycles. The van der Waals surface area contributed by atoms with Gasteiger partial charge in [0.2, 0.25) is 0 Å². The van der Waals surface area contributed by atoms with Crippen LogP contribution in [-0.4, -0.2) is 0 Å². The van der Waals surface area contributed by atoms with Crippen molar-refractivity contribution in [2.75, 3.05) is 0 Å². The summed E-state index contributed by atoms with van der Waals surface area (Å²) < 4.78 is 5.57. The molecule has 1 aromatic heterocycles. The molecule has 1 aromatic rings. The summed E-state index contributed by atoms with van der Waals surface area (Å²) in [4.78, 5) is 0. The third-order valence-electron chi connectivity index (χ3n) is 2.26. The molecule has 0 aromatic carbocycles. The molecule has 0 aliphatic carbocycles. The summed E-state index contributed by atoms with van der Waals surface area (Å²) in [5, 5.41) is 0. The van der Waals surface area contributed by atoms with Crippen LogP contribution in [-0.2, 0) is 0 Å². The van der Waals surface area contributed by atoms with Crippen molar-refractivity contribution in [3.05, 3.63) is 35.8 Å². The van der Waals surface area contributed by atoms with Gasteiger partial charge in [-0.1, -0.05) is 32.9 Å². The van der Waals surface area contributed by atoms with Crippen LogP contribution in [0.5, 0.6) is 0 Å². The normalized spacial score (nSPS) is 14.1. The molecule has 1 heteroatoms. The first-order chi connectivity index (χ1) is 6.59. The van der Waals surface area contributed by atoms with Gasteiger partial charge in [0, 0.05) is 5.92 Å². The number of allylic oxidation sites excluding steroid dienone is 2. The van der Waals surface area contributed by atoms with E-state index in [-0.39, 0.29) is 0 Å². The van der Waals surface area contributed by atoms with Gasteiger partial charge < -0.3 is 4.42 Å². The van der Waals surface area contributed by atoms with E-state index in [0.717, 1.165) is 17.9 Å². The predicted molar refractivity (Wildman–Crippen MR) is 60.5 cm³/mol. The Morgan fingerprint density at radius 1 is 1.29 bits per heavy atom. The number of hydrogen-bond donors (Lipinski definition) is 0. The van der Waals surface area contributed by atoms with Crippen molar-refractivity contribution < 1.29 is 4.42 Å². The van der Waals surface area contributed by atoms with Crippen LogP contribution in [0.25, 0.3) is 0 Å². The highest BCUT2D eigenvalue weighted by atomic mass is 16.3. The van der Waals surface area contributed by atoms with E-state index in [2.05, 4.69) is 39.0 Å². The second kappa shape index (κ2) is 5.04. The van der Waals surface area contributed by atoms with Gasteiger partial charge in [0.15, 0.2) is 0 Å². The Bertz CT molecular complexity index is 294. The van der Waals surface area contributed by atoms with Crippen LogP contribution in [0, 0.1) is 12.8 Å². The lowest BCUT2D eigenvalue weighted by atomic mass is 10.0. The SMILES string of the molecule is Cc1ccc(C(C)C/C=C/C(C)C)o1. The van der Waals surface area contributed by atoms with E-state index in [1.54, 1.807) is 0 Å². The van der Waals surface area contributed by atoms with Crippen LogP contribution < -0.4 is 0 Å². The maximum atomic E-state index is 5.57. The second-order valence-corrected chi connectivity index (χ2v) is 4.26. The van der Waals surface area contributed by atoms with E-state index in [1.165, 1.54) is 0 Å². The Hall–Kier alpha value is -0.980. The average Bonchev–Trinajstić information content (AvgIpc) is 2.51. The number of hydrogen-bond acceptors (Lipinski definition) is 1. The largest absolute Gasteiger partial charge is 0.466 e. The molecule has 0 radical (unpaired) electrons. The van der Waals surface area contributed by atoms with Gasteiger partial charge in [-0.3, -0.25) is 0 Å². The van der Waals surface area contributed by atoms with Crippen molar-refractivity contribution in [1.29, 1.82) is 0 Å². The van der Waals surface area contributed by atoms with Gasteiger partial charge >= 0.3 is 0 Å². The fourth-order valence-corrected chi connectivity index (χ4v) is 1.39. The summed E-state index contributed by atoms with van der Waals surface area (Å²) >= 11 is 0. The van der Waals surface area contributed by atoms with Gasteiger partial charge in [-0.15, -0.1) is 0 Å². The standard InChI is InChI=1S/C13H20O/c1-10(2)6-5-7-11(3)13-9-8-12(4)14-13/h5-6,8-11H,7H2,1-4H3/b6-5+. The molecule has 14 heavy (non-hydrogen) atoms. The first-order valence-electron chi connectivity index (χ1n) is 5.32. The Kier molecular flexibility index (Phi) is 3.99. The topological polar surface area (TPSA) is 13.1 Å². The molecule has 1 nitrogen and oxygen atoms in total. The molecule has 1 unspecified atom stereocenters. The van der Waals surface area contributed by atoms with Gasteiger partial charge in [-0.2, -0.15) is 0 Å². The second-order valence-electron chi connectivity index (χ2n) is 4.26. The van der Waals surface area contributed by atoms with E-state index in [0.29, 0.717) is 11.8 Å². The van der Waals surface area contributed by atoms with Gasteiger partial charge in [0.25, 0.3) is 0 Å². The zero-order chi connectivity index (χ0) is 10.6. The molecule has 0 saturated carbocycles. The molecular weight excluding hydrogens is 172 g/mol. The third kappa shape index (κ3) is 3.41. The Morgan fingerprint density at radius 3 is 2.50 bits per heavy atom. The van der Waals surface area contributed by atoms with E-state index in [9.17, 15) is 0 Å². The van der Waals surface area contributed by atoms with Crippen LogP contribution >= 0.6 is 0 Å². The number of aryl methyl sites for hydroxylation is 1. The van der Waals surface area contributed by atoms with Gasteiger partial charge in [-0.05, 0) is 31.4 Å². The maximum Gasteiger partial charge on any atom is 0.107 e. The molecule has 0 fully saturated rings. The fourth-order valence-electron chi connectivity index (χ4n) is 1.39. The van der Waals surface area contributed by atoms with Gasteiger partial charge in [-0.25, -0.2) is 0 Å².